The Bertz CT molecular complexity index is 592. The van der Waals surface area contributed by atoms with Gasteiger partial charge < -0.3 is 10.4 Å². The van der Waals surface area contributed by atoms with Crippen LogP contribution in [-0.4, -0.2) is 27.7 Å². The highest BCUT2D eigenvalue weighted by Crippen LogP contribution is 2.34. The van der Waals surface area contributed by atoms with Crippen molar-refractivity contribution in [3.05, 3.63) is 39.4 Å². The van der Waals surface area contributed by atoms with E-state index >= 15 is 0 Å². The average Bonchev–Trinajstić information content (AvgIpc) is 2.89. The third kappa shape index (κ3) is 4.29. The Morgan fingerprint density at radius 3 is 2.67 bits per heavy atom. The average molecular weight is 338 g/mol. The maximum absolute atomic E-state index is 12.6. The lowest BCUT2D eigenvalue weighted by Gasteiger charge is -2.16. The summed E-state index contributed by atoms with van der Waals surface area (Å²) < 4.78 is 37.7. The molecule has 2 N–H and O–H groups in total. The zero-order chi connectivity index (χ0) is 15.5. The number of hydrogen-bond acceptors (Lipinski definition) is 5. The summed E-state index contributed by atoms with van der Waals surface area (Å²) >= 11 is 6.97. The van der Waals surface area contributed by atoms with E-state index in [1.165, 1.54) is 17.4 Å². The summed E-state index contributed by atoms with van der Waals surface area (Å²) in [6, 6.07) is 1.63. The van der Waals surface area contributed by atoms with Crippen molar-refractivity contribution in [1.29, 1.82) is 0 Å². The summed E-state index contributed by atoms with van der Waals surface area (Å²) in [5, 5.41) is 14.1. The van der Waals surface area contributed by atoms with Crippen molar-refractivity contribution >= 4 is 28.8 Å². The van der Waals surface area contributed by atoms with Crippen molar-refractivity contribution in [1.82, 2.24) is 9.97 Å². The van der Waals surface area contributed by atoms with Crippen molar-refractivity contribution in [3.63, 3.8) is 0 Å². The topological polar surface area (TPSA) is 58.0 Å². The van der Waals surface area contributed by atoms with Crippen LogP contribution in [0.1, 0.15) is 10.6 Å². The smallest absolute Gasteiger partial charge is 0.394 e. The van der Waals surface area contributed by atoms with Gasteiger partial charge >= 0.3 is 6.18 Å². The van der Waals surface area contributed by atoms with Gasteiger partial charge in [0.1, 0.15) is 11.0 Å². The third-order valence-corrected chi connectivity index (χ3v) is 3.72. The molecule has 0 aliphatic heterocycles. The molecule has 0 aromatic carbocycles. The van der Waals surface area contributed by atoms with Crippen LogP contribution in [0.15, 0.2) is 23.7 Å². The number of aliphatic hydroxyl groups is 1. The highest BCUT2D eigenvalue weighted by Gasteiger charge is 2.34. The number of thiazole rings is 1. The third-order valence-electron chi connectivity index (χ3n) is 2.63. The summed E-state index contributed by atoms with van der Waals surface area (Å²) in [5.41, 5.74) is -0.991. The van der Waals surface area contributed by atoms with Gasteiger partial charge in [0, 0.05) is 18.0 Å². The molecule has 0 saturated carbocycles. The Hall–Kier alpha value is -1.38. The molecule has 0 bridgehead atoms. The first-order chi connectivity index (χ1) is 9.90. The molecule has 1 atom stereocenters. The maximum Gasteiger partial charge on any atom is 0.419 e. The normalized spacial score (nSPS) is 13.2. The molecule has 0 saturated heterocycles. The Balaban J connectivity index is 2.09. The fourth-order valence-electron chi connectivity index (χ4n) is 1.66. The van der Waals surface area contributed by atoms with Crippen LogP contribution in [0, 0.1) is 0 Å². The van der Waals surface area contributed by atoms with Crippen molar-refractivity contribution in [2.24, 2.45) is 0 Å². The van der Waals surface area contributed by atoms with Gasteiger partial charge in [-0.1, -0.05) is 11.6 Å². The summed E-state index contributed by atoms with van der Waals surface area (Å²) in [4.78, 5) is 7.74. The zero-order valence-corrected chi connectivity index (χ0v) is 12.1. The van der Waals surface area contributed by atoms with E-state index in [0.29, 0.717) is 6.42 Å². The van der Waals surface area contributed by atoms with Gasteiger partial charge in [0.25, 0.3) is 0 Å². The minimum atomic E-state index is -4.54. The number of nitrogens with one attached hydrogen (secondary N) is 1. The minimum Gasteiger partial charge on any atom is -0.394 e. The number of anilines is 1. The summed E-state index contributed by atoms with van der Waals surface area (Å²) in [6.45, 7) is -0.208. The van der Waals surface area contributed by atoms with Crippen LogP contribution in [0.5, 0.6) is 0 Å². The second-order valence-corrected chi connectivity index (χ2v) is 5.52. The van der Waals surface area contributed by atoms with Crippen molar-refractivity contribution < 1.29 is 18.3 Å². The lowest BCUT2D eigenvalue weighted by atomic mass is 10.2. The Labute approximate surface area is 127 Å². The lowest BCUT2D eigenvalue weighted by Crippen LogP contribution is -2.27. The molecular formula is C12H11ClF3N3OS. The Morgan fingerprint density at radius 1 is 1.38 bits per heavy atom. The van der Waals surface area contributed by atoms with Gasteiger partial charge in [-0.3, -0.25) is 0 Å². The molecule has 4 nitrogen and oxygen atoms in total. The van der Waals surface area contributed by atoms with Gasteiger partial charge in [-0.15, -0.1) is 11.3 Å². The van der Waals surface area contributed by atoms with Crippen LogP contribution >= 0.6 is 22.9 Å². The molecular weight excluding hydrogens is 327 g/mol. The van der Waals surface area contributed by atoms with E-state index in [2.05, 4.69) is 15.3 Å². The van der Waals surface area contributed by atoms with Crippen LogP contribution in [0.3, 0.4) is 0 Å². The second-order valence-electron chi connectivity index (χ2n) is 4.19. The van der Waals surface area contributed by atoms with Crippen LogP contribution in [0.4, 0.5) is 19.0 Å². The molecule has 2 rings (SSSR count). The molecule has 2 heterocycles. The predicted octanol–water partition coefficient (Wildman–Crippen LogP) is 3.23. The highest BCUT2D eigenvalue weighted by atomic mass is 35.5. The highest BCUT2D eigenvalue weighted by molar-refractivity contribution is 7.09. The van der Waals surface area contributed by atoms with E-state index in [0.717, 1.165) is 11.1 Å². The van der Waals surface area contributed by atoms with E-state index in [9.17, 15) is 18.3 Å². The van der Waals surface area contributed by atoms with Gasteiger partial charge in [0.15, 0.2) is 0 Å². The van der Waals surface area contributed by atoms with Crippen molar-refractivity contribution in [2.75, 3.05) is 11.9 Å². The first kappa shape index (κ1) is 16.0. The molecule has 2 aromatic rings. The van der Waals surface area contributed by atoms with Gasteiger partial charge in [-0.05, 0) is 12.1 Å². The summed E-state index contributed by atoms with van der Waals surface area (Å²) in [6.07, 6.45) is -2.46. The van der Waals surface area contributed by atoms with Crippen LogP contribution < -0.4 is 5.32 Å². The number of halogens is 4. The molecule has 0 spiro atoms. The molecule has 0 aliphatic rings. The molecule has 0 amide bonds. The second kappa shape index (κ2) is 6.59. The molecule has 1 unspecified atom stereocenters. The standard InChI is InChI=1S/C12H11ClF3N3OS/c13-11-8(12(14,15)16)1-2-9(19-11)18-7(6-20)5-10-17-3-4-21-10/h1-4,7,20H,5-6H2,(H,18,19). The molecule has 114 valence electrons. The van der Waals surface area contributed by atoms with Crippen molar-refractivity contribution in [3.8, 4) is 0 Å². The monoisotopic (exact) mass is 337 g/mol. The first-order valence-electron chi connectivity index (χ1n) is 5.89. The van der Waals surface area contributed by atoms with Gasteiger partial charge in [-0.2, -0.15) is 13.2 Å². The number of rotatable bonds is 5. The van der Waals surface area contributed by atoms with E-state index < -0.39 is 22.9 Å². The largest absolute Gasteiger partial charge is 0.419 e. The molecule has 21 heavy (non-hydrogen) atoms. The van der Waals surface area contributed by atoms with Gasteiger partial charge in [0.05, 0.1) is 23.2 Å². The van der Waals surface area contributed by atoms with E-state index in [-0.39, 0.29) is 12.4 Å². The predicted molar refractivity (Wildman–Crippen MR) is 74.6 cm³/mol. The van der Waals surface area contributed by atoms with E-state index in [1.54, 1.807) is 11.6 Å². The van der Waals surface area contributed by atoms with Crippen LogP contribution in [-0.2, 0) is 12.6 Å². The van der Waals surface area contributed by atoms with Crippen LogP contribution in [0.25, 0.3) is 0 Å². The minimum absolute atomic E-state index is 0.170. The SMILES string of the molecule is OCC(Cc1nccs1)Nc1ccc(C(F)(F)F)c(Cl)n1. The summed E-state index contributed by atoms with van der Waals surface area (Å²) in [5.74, 6) is 0.170. The molecule has 0 fully saturated rings. The number of aliphatic hydroxyl groups excluding tert-OH is 1. The lowest BCUT2D eigenvalue weighted by molar-refractivity contribution is -0.137. The van der Waals surface area contributed by atoms with E-state index in [4.69, 9.17) is 11.6 Å². The molecule has 0 aliphatic carbocycles. The Morgan fingerprint density at radius 2 is 2.14 bits per heavy atom. The number of alkyl halides is 3. The molecule has 9 heteroatoms. The molecule has 0 radical (unpaired) electrons. The van der Waals surface area contributed by atoms with E-state index in [1.807, 2.05) is 0 Å². The quantitative estimate of drug-likeness (QED) is 0.822. The zero-order valence-electron chi connectivity index (χ0n) is 10.6. The maximum atomic E-state index is 12.6. The number of hydrogen-bond donors (Lipinski definition) is 2. The molecule has 2 aromatic heterocycles. The number of aromatic nitrogens is 2. The fraction of sp³-hybridized carbons (Fsp3) is 0.333. The number of pyridine rings is 1. The number of nitrogens with zero attached hydrogens (tertiary/aromatic N) is 2. The van der Waals surface area contributed by atoms with Gasteiger partial charge in [0.2, 0.25) is 0 Å². The first-order valence-corrected chi connectivity index (χ1v) is 7.15. The van der Waals surface area contributed by atoms with Gasteiger partial charge in [-0.25, -0.2) is 9.97 Å². The van der Waals surface area contributed by atoms with Crippen molar-refractivity contribution in [2.45, 2.75) is 18.6 Å². The Kier molecular flexibility index (Phi) is 5.02. The fourth-order valence-corrected chi connectivity index (χ4v) is 2.62. The summed E-state index contributed by atoms with van der Waals surface area (Å²) in [7, 11) is 0. The van der Waals surface area contributed by atoms with Crippen LogP contribution in [0.2, 0.25) is 5.15 Å².